The Bertz CT molecular complexity index is 672. The molecule has 100 valence electrons. The molecule has 0 aliphatic heterocycles. The van der Waals surface area contributed by atoms with Crippen LogP contribution in [0.5, 0.6) is 0 Å². The van der Waals surface area contributed by atoms with Crippen molar-refractivity contribution in [3.05, 3.63) is 59.2 Å². The number of nitrogens with zero attached hydrogens (tertiary/aromatic N) is 1. The molecule has 2 aromatic carbocycles. The number of hydrogen-bond acceptors (Lipinski definition) is 3. The van der Waals surface area contributed by atoms with E-state index in [1.165, 1.54) is 7.11 Å². The van der Waals surface area contributed by atoms with Crippen LogP contribution in [0.15, 0.2) is 42.5 Å². The van der Waals surface area contributed by atoms with Gasteiger partial charge in [0, 0.05) is 5.33 Å². The molecule has 20 heavy (non-hydrogen) atoms. The number of carbonyl (C=O) groups is 1. The van der Waals surface area contributed by atoms with E-state index < -0.39 is 0 Å². The van der Waals surface area contributed by atoms with Crippen molar-refractivity contribution in [3.63, 3.8) is 0 Å². The van der Waals surface area contributed by atoms with E-state index >= 15 is 0 Å². The van der Waals surface area contributed by atoms with Gasteiger partial charge in [0.15, 0.2) is 0 Å². The molecular weight excluding hydrogens is 318 g/mol. The van der Waals surface area contributed by atoms with E-state index in [2.05, 4.69) is 22.0 Å². The van der Waals surface area contributed by atoms with Gasteiger partial charge in [-0.2, -0.15) is 5.26 Å². The van der Waals surface area contributed by atoms with Crippen LogP contribution in [-0.4, -0.2) is 13.1 Å². The van der Waals surface area contributed by atoms with E-state index in [1.54, 1.807) is 18.2 Å². The van der Waals surface area contributed by atoms with Crippen molar-refractivity contribution in [1.29, 1.82) is 5.26 Å². The summed E-state index contributed by atoms with van der Waals surface area (Å²) < 4.78 is 4.72. The number of alkyl halides is 1. The second-order valence-electron chi connectivity index (χ2n) is 4.19. The quantitative estimate of drug-likeness (QED) is 0.633. The third kappa shape index (κ3) is 2.89. The molecule has 2 aromatic rings. The summed E-state index contributed by atoms with van der Waals surface area (Å²) in [5.74, 6) is -0.349. The molecule has 4 heteroatoms. The summed E-state index contributed by atoms with van der Waals surface area (Å²) >= 11 is 3.43. The van der Waals surface area contributed by atoms with Crippen LogP contribution in [0, 0.1) is 11.3 Å². The Labute approximate surface area is 125 Å². The van der Waals surface area contributed by atoms with Crippen molar-refractivity contribution in [2.24, 2.45) is 0 Å². The summed E-state index contributed by atoms with van der Waals surface area (Å²) in [5.41, 5.74) is 4.19. The van der Waals surface area contributed by atoms with Crippen molar-refractivity contribution in [3.8, 4) is 17.2 Å². The summed E-state index contributed by atoms with van der Waals surface area (Å²) in [7, 11) is 1.37. The highest BCUT2D eigenvalue weighted by Crippen LogP contribution is 2.27. The zero-order valence-electron chi connectivity index (χ0n) is 10.9. The van der Waals surface area contributed by atoms with Gasteiger partial charge >= 0.3 is 5.97 Å². The van der Waals surface area contributed by atoms with E-state index in [0.717, 1.165) is 16.7 Å². The number of esters is 1. The molecule has 0 fully saturated rings. The topological polar surface area (TPSA) is 50.1 Å². The minimum Gasteiger partial charge on any atom is -0.465 e. The maximum atomic E-state index is 11.5. The number of rotatable bonds is 3. The zero-order valence-corrected chi connectivity index (χ0v) is 12.5. The van der Waals surface area contributed by atoms with Crippen LogP contribution in [0.1, 0.15) is 21.5 Å². The first-order valence-electron chi connectivity index (χ1n) is 5.97. The van der Waals surface area contributed by atoms with E-state index in [4.69, 9.17) is 10.00 Å². The number of methoxy groups -OCH3 is 1. The standard InChI is InChI=1S/C16H12BrNO2/c1-20-16(19)13-6-7-15(14(8-13)9-17)12-4-2-11(10-18)3-5-12/h2-8H,9H2,1H3. The van der Waals surface area contributed by atoms with Gasteiger partial charge in [0.25, 0.3) is 0 Å². The van der Waals surface area contributed by atoms with Crippen LogP contribution in [0.3, 0.4) is 0 Å². The molecule has 0 radical (unpaired) electrons. The van der Waals surface area contributed by atoms with Gasteiger partial charge in [0.05, 0.1) is 24.3 Å². The van der Waals surface area contributed by atoms with Gasteiger partial charge < -0.3 is 4.74 Å². The van der Waals surface area contributed by atoms with E-state index in [0.29, 0.717) is 16.5 Å². The molecule has 0 atom stereocenters. The Morgan fingerprint density at radius 2 is 1.95 bits per heavy atom. The molecule has 0 saturated carbocycles. The Hall–Kier alpha value is -2.12. The smallest absolute Gasteiger partial charge is 0.337 e. The van der Waals surface area contributed by atoms with Crippen molar-refractivity contribution < 1.29 is 9.53 Å². The molecule has 0 aliphatic carbocycles. The first-order chi connectivity index (χ1) is 9.69. The molecule has 2 rings (SSSR count). The van der Waals surface area contributed by atoms with Gasteiger partial charge in [0.2, 0.25) is 0 Å². The Kier molecular flexibility index (Phi) is 4.54. The summed E-state index contributed by atoms with van der Waals surface area (Å²) in [6.45, 7) is 0. The Morgan fingerprint density at radius 1 is 1.25 bits per heavy atom. The molecular formula is C16H12BrNO2. The number of hydrogen-bond donors (Lipinski definition) is 0. The van der Waals surface area contributed by atoms with Crippen molar-refractivity contribution in [2.45, 2.75) is 5.33 Å². The van der Waals surface area contributed by atoms with Crippen LogP contribution >= 0.6 is 15.9 Å². The first kappa shape index (κ1) is 14.3. The van der Waals surface area contributed by atoms with E-state index in [-0.39, 0.29) is 5.97 Å². The van der Waals surface area contributed by atoms with Gasteiger partial charge in [-0.15, -0.1) is 0 Å². The fourth-order valence-electron chi connectivity index (χ4n) is 1.96. The fourth-order valence-corrected chi connectivity index (χ4v) is 2.42. The summed E-state index contributed by atoms with van der Waals surface area (Å²) in [6, 6.07) is 14.9. The van der Waals surface area contributed by atoms with E-state index in [1.807, 2.05) is 24.3 Å². The van der Waals surface area contributed by atoms with Gasteiger partial charge in [-0.25, -0.2) is 4.79 Å². The molecule has 0 bridgehead atoms. The zero-order chi connectivity index (χ0) is 14.5. The molecule has 0 heterocycles. The predicted octanol–water partition coefficient (Wildman–Crippen LogP) is 3.91. The van der Waals surface area contributed by atoms with Crippen molar-refractivity contribution >= 4 is 21.9 Å². The molecule has 0 saturated heterocycles. The first-order valence-corrected chi connectivity index (χ1v) is 7.09. The lowest BCUT2D eigenvalue weighted by atomic mass is 9.98. The van der Waals surface area contributed by atoms with Crippen LogP contribution in [-0.2, 0) is 10.1 Å². The SMILES string of the molecule is COC(=O)c1ccc(-c2ccc(C#N)cc2)c(CBr)c1. The minimum atomic E-state index is -0.349. The molecule has 0 aliphatic rings. The lowest BCUT2D eigenvalue weighted by Gasteiger charge is -2.09. The van der Waals surface area contributed by atoms with E-state index in [9.17, 15) is 4.79 Å². The maximum Gasteiger partial charge on any atom is 0.337 e. The van der Waals surface area contributed by atoms with Crippen LogP contribution in [0.2, 0.25) is 0 Å². The number of ether oxygens (including phenoxy) is 1. The largest absolute Gasteiger partial charge is 0.465 e. The van der Waals surface area contributed by atoms with Gasteiger partial charge in [-0.1, -0.05) is 34.1 Å². The second kappa shape index (κ2) is 6.36. The molecule has 0 unspecified atom stereocenters. The Balaban J connectivity index is 2.45. The second-order valence-corrected chi connectivity index (χ2v) is 4.75. The highest BCUT2D eigenvalue weighted by molar-refractivity contribution is 9.08. The number of carbonyl (C=O) groups excluding carboxylic acids is 1. The molecule has 0 aromatic heterocycles. The lowest BCUT2D eigenvalue weighted by molar-refractivity contribution is 0.0600. The number of benzene rings is 2. The minimum absolute atomic E-state index is 0.349. The van der Waals surface area contributed by atoms with Crippen molar-refractivity contribution in [2.75, 3.05) is 7.11 Å². The highest BCUT2D eigenvalue weighted by Gasteiger charge is 2.10. The number of halogens is 1. The van der Waals surface area contributed by atoms with Gasteiger partial charge in [-0.05, 0) is 41.0 Å². The van der Waals surface area contributed by atoms with Gasteiger partial charge in [0.1, 0.15) is 0 Å². The maximum absolute atomic E-state index is 11.5. The van der Waals surface area contributed by atoms with Crippen LogP contribution < -0.4 is 0 Å². The third-order valence-electron chi connectivity index (χ3n) is 3.00. The highest BCUT2D eigenvalue weighted by atomic mass is 79.9. The fraction of sp³-hybridized carbons (Fsp3) is 0.125. The summed E-state index contributed by atoms with van der Waals surface area (Å²) in [4.78, 5) is 11.5. The van der Waals surface area contributed by atoms with Gasteiger partial charge in [-0.3, -0.25) is 0 Å². The predicted molar refractivity (Wildman–Crippen MR) is 80.6 cm³/mol. The average molecular weight is 330 g/mol. The summed E-state index contributed by atoms with van der Waals surface area (Å²) in [5, 5.41) is 9.45. The third-order valence-corrected chi connectivity index (χ3v) is 3.60. The average Bonchev–Trinajstić information content (AvgIpc) is 2.53. The molecule has 0 spiro atoms. The Morgan fingerprint density at radius 3 is 2.50 bits per heavy atom. The monoisotopic (exact) mass is 329 g/mol. The molecule has 0 amide bonds. The van der Waals surface area contributed by atoms with Crippen LogP contribution in [0.25, 0.3) is 11.1 Å². The lowest BCUT2D eigenvalue weighted by Crippen LogP contribution is -2.02. The summed E-state index contributed by atoms with van der Waals surface area (Å²) in [6.07, 6.45) is 0. The molecule has 3 nitrogen and oxygen atoms in total. The normalized spacial score (nSPS) is 9.85. The number of nitriles is 1. The van der Waals surface area contributed by atoms with Crippen LogP contribution in [0.4, 0.5) is 0 Å². The molecule has 0 N–H and O–H groups in total. The van der Waals surface area contributed by atoms with Crippen molar-refractivity contribution in [1.82, 2.24) is 0 Å².